The lowest BCUT2D eigenvalue weighted by molar-refractivity contribution is 0.586. The number of nitrogens with zero attached hydrogens (tertiary/aromatic N) is 2. The lowest BCUT2D eigenvalue weighted by Crippen LogP contribution is -2.44. The molecule has 142 valence electrons. The predicted octanol–water partition coefficient (Wildman–Crippen LogP) is 3.07. The number of rotatable bonds is 5. The largest absolute Gasteiger partial charge is 0.353 e. The van der Waals surface area contributed by atoms with E-state index in [0.29, 0.717) is 16.0 Å². The van der Waals surface area contributed by atoms with E-state index in [2.05, 4.69) is 19.9 Å². The first-order valence-corrected chi connectivity index (χ1v) is 11.4. The maximum absolute atomic E-state index is 13.1. The van der Waals surface area contributed by atoms with Crippen LogP contribution in [0.3, 0.4) is 0 Å². The lowest BCUT2D eigenvalue weighted by Gasteiger charge is -2.29. The third-order valence-corrected chi connectivity index (χ3v) is 7.23. The molecule has 6 nitrogen and oxygen atoms in total. The fourth-order valence-electron chi connectivity index (χ4n) is 3.32. The average molecular weight is 403 g/mol. The smallest absolute Gasteiger partial charge is 0.263 e. The topological polar surface area (TPSA) is 74.3 Å². The summed E-state index contributed by atoms with van der Waals surface area (Å²) in [5.41, 5.74) is 1.68. The van der Waals surface area contributed by atoms with E-state index in [-0.39, 0.29) is 0 Å². The zero-order chi connectivity index (χ0) is 18.9. The van der Waals surface area contributed by atoms with Crippen LogP contribution >= 0.6 is 11.3 Å². The van der Waals surface area contributed by atoms with E-state index in [1.807, 2.05) is 31.2 Å². The fourth-order valence-corrected chi connectivity index (χ4v) is 5.86. The van der Waals surface area contributed by atoms with Gasteiger partial charge in [0.2, 0.25) is 0 Å². The van der Waals surface area contributed by atoms with Crippen molar-refractivity contribution in [3.05, 3.63) is 47.5 Å². The Hall–Kier alpha value is -2.16. The van der Waals surface area contributed by atoms with Gasteiger partial charge in [-0.1, -0.05) is 19.1 Å². The Balaban J connectivity index is 1.76. The summed E-state index contributed by atoms with van der Waals surface area (Å²) in [6.45, 7) is 5.41. The first-order chi connectivity index (χ1) is 13.1. The molecular weight excluding hydrogens is 380 g/mol. The van der Waals surface area contributed by atoms with Gasteiger partial charge in [-0.25, -0.2) is 13.4 Å². The minimum absolute atomic E-state index is 0.297. The number of hydrogen-bond acceptors (Lipinski definition) is 6. The first kappa shape index (κ1) is 18.2. The van der Waals surface area contributed by atoms with E-state index in [9.17, 15) is 8.42 Å². The standard InChI is InChI=1S/C19H22N4O2S2/c1-2-14-4-3-5-15(12-14)22-27(24,25)17-13-26-16-6-7-21-19(18(16)17)23-10-8-20-9-11-23/h3-7,12-13,20,22H,2,8-11H2,1H3. The maximum Gasteiger partial charge on any atom is 0.263 e. The van der Waals surface area contributed by atoms with Crippen LogP contribution in [0.5, 0.6) is 0 Å². The summed E-state index contributed by atoms with van der Waals surface area (Å²) in [4.78, 5) is 6.98. The maximum atomic E-state index is 13.1. The second-order valence-electron chi connectivity index (χ2n) is 6.50. The van der Waals surface area contributed by atoms with Gasteiger partial charge in [-0.2, -0.15) is 0 Å². The van der Waals surface area contributed by atoms with E-state index in [1.54, 1.807) is 17.6 Å². The van der Waals surface area contributed by atoms with Crippen molar-refractivity contribution in [3.8, 4) is 0 Å². The Morgan fingerprint density at radius 2 is 2.07 bits per heavy atom. The number of pyridine rings is 1. The highest BCUT2D eigenvalue weighted by molar-refractivity contribution is 7.93. The molecule has 2 aromatic heterocycles. The van der Waals surface area contributed by atoms with Crippen molar-refractivity contribution in [1.82, 2.24) is 10.3 Å². The van der Waals surface area contributed by atoms with Gasteiger partial charge in [0.25, 0.3) is 10.0 Å². The molecule has 0 radical (unpaired) electrons. The monoisotopic (exact) mass is 402 g/mol. The van der Waals surface area contributed by atoms with Gasteiger partial charge in [0, 0.05) is 48.1 Å². The van der Waals surface area contributed by atoms with E-state index in [4.69, 9.17) is 0 Å². The molecule has 0 spiro atoms. The minimum atomic E-state index is -3.70. The summed E-state index contributed by atoms with van der Waals surface area (Å²) in [5, 5.41) is 5.74. The third kappa shape index (κ3) is 3.65. The van der Waals surface area contributed by atoms with Crippen molar-refractivity contribution >= 4 is 43.0 Å². The molecule has 0 bridgehead atoms. The van der Waals surface area contributed by atoms with Crippen molar-refractivity contribution < 1.29 is 8.42 Å². The van der Waals surface area contributed by atoms with Crippen molar-refractivity contribution in [2.45, 2.75) is 18.2 Å². The molecule has 0 unspecified atom stereocenters. The molecule has 8 heteroatoms. The molecule has 1 aliphatic heterocycles. The number of sulfonamides is 1. The fraction of sp³-hybridized carbons (Fsp3) is 0.316. The second-order valence-corrected chi connectivity index (χ2v) is 9.07. The molecule has 1 saturated heterocycles. The summed E-state index contributed by atoms with van der Waals surface area (Å²) in [6.07, 6.45) is 2.61. The van der Waals surface area contributed by atoms with Gasteiger partial charge in [-0.3, -0.25) is 4.72 Å². The van der Waals surface area contributed by atoms with Crippen LogP contribution in [-0.4, -0.2) is 39.6 Å². The van der Waals surface area contributed by atoms with Crippen LogP contribution in [0.15, 0.2) is 46.8 Å². The molecule has 0 saturated carbocycles. The summed E-state index contributed by atoms with van der Waals surface area (Å²) in [7, 11) is -3.70. The van der Waals surface area contributed by atoms with Crippen molar-refractivity contribution in [2.75, 3.05) is 35.8 Å². The Bertz CT molecular complexity index is 1060. The van der Waals surface area contributed by atoms with Crippen molar-refractivity contribution in [2.24, 2.45) is 0 Å². The second kappa shape index (κ2) is 7.46. The number of nitrogens with one attached hydrogen (secondary N) is 2. The molecule has 3 heterocycles. The van der Waals surface area contributed by atoms with Gasteiger partial charge < -0.3 is 10.2 Å². The first-order valence-electron chi connectivity index (χ1n) is 9.02. The number of fused-ring (bicyclic) bond motifs is 1. The number of benzene rings is 1. The zero-order valence-electron chi connectivity index (χ0n) is 15.1. The predicted molar refractivity (Wildman–Crippen MR) is 111 cm³/mol. The van der Waals surface area contributed by atoms with Gasteiger partial charge in [0.15, 0.2) is 0 Å². The number of aryl methyl sites for hydroxylation is 1. The van der Waals surface area contributed by atoms with Crippen LogP contribution in [0, 0.1) is 0 Å². The Labute approximate surface area is 163 Å². The zero-order valence-corrected chi connectivity index (χ0v) is 16.7. The minimum Gasteiger partial charge on any atom is -0.353 e. The molecule has 1 fully saturated rings. The van der Waals surface area contributed by atoms with E-state index in [0.717, 1.165) is 48.7 Å². The number of piperazine rings is 1. The van der Waals surface area contributed by atoms with Gasteiger partial charge in [0.1, 0.15) is 10.7 Å². The van der Waals surface area contributed by atoms with Crippen LogP contribution in [0.1, 0.15) is 12.5 Å². The van der Waals surface area contributed by atoms with Crippen LogP contribution in [-0.2, 0) is 16.4 Å². The molecule has 4 rings (SSSR count). The molecular formula is C19H22N4O2S2. The molecule has 1 aliphatic rings. The van der Waals surface area contributed by atoms with Crippen LogP contribution in [0.25, 0.3) is 10.1 Å². The third-order valence-electron chi connectivity index (χ3n) is 4.73. The van der Waals surface area contributed by atoms with E-state index in [1.165, 1.54) is 11.3 Å². The van der Waals surface area contributed by atoms with Crippen LogP contribution in [0.4, 0.5) is 11.5 Å². The Morgan fingerprint density at radius 1 is 1.26 bits per heavy atom. The molecule has 0 aliphatic carbocycles. The summed E-state index contributed by atoms with van der Waals surface area (Å²) in [5.74, 6) is 0.748. The molecule has 27 heavy (non-hydrogen) atoms. The highest BCUT2D eigenvalue weighted by Gasteiger charge is 2.25. The molecule has 1 aromatic carbocycles. The van der Waals surface area contributed by atoms with Crippen molar-refractivity contribution in [1.29, 1.82) is 0 Å². The number of anilines is 2. The van der Waals surface area contributed by atoms with Crippen LogP contribution in [0.2, 0.25) is 0 Å². The lowest BCUT2D eigenvalue weighted by atomic mass is 10.1. The summed E-state index contributed by atoms with van der Waals surface area (Å²) in [6, 6.07) is 9.39. The molecule has 3 aromatic rings. The average Bonchev–Trinajstić information content (AvgIpc) is 3.14. The normalized spacial score (nSPS) is 15.2. The molecule has 0 atom stereocenters. The van der Waals surface area contributed by atoms with Gasteiger partial charge in [-0.05, 0) is 30.2 Å². The SMILES string of the molecule is CCc1cccc(NS(=O)(=O)c2csc3ccnc(N4CCNCC4)c23)c1. The molecule has 2 N–H and O–H groups in total. The van der Waals surface area contributed by atoms with E-state index < -0.39 is 10.0 Å². The van der Waals surface area contributed by atoms with Gasteiger partial charge in [-0.15, -0.1) is 11.3 Å². The van der Waals surface area contributed by atoms with Gasteiger partial charge in [0.05, 0.1) is 5.39 Å². The highest BCUT2D eigenvalue weighted by atomic mass is 32.2. The number of thiophene rings is 1. The highest BCUT2D eigenvalue weighted by Crippen LogP contribution is 2.36. The molecule has 0 amide bonds. The van der Waals surface area contributed by atoms with Gasteiger partial charge >= 0.3 is 0 Å². The summed E-state index contributed by atoms with van der Waals surface area (Å²) < 4.78 is 30.0. The number of hydrogen-bond donors (Lipinski definition) is 2. The number of aromatic nitrogens is 1. The van der Waals surface area contributed by atoms with E-state index >= 15 is 0 Å². The van der Waals surface area contributed by atoms with Crippen molar-refractivity contribution in [3.63, 3.8) is 0 Å². The van der Waals surface area contributed by atoms with Crippen LogP contribution < -0.4 is 14.9 Å². The Morgan fingerprint density at radius 3 is 2.85 bits per heavy atom. The Kier molecular flexibility index (Phi) is 5.03. The quantitative estimate of drug-likeness (QED) is 0.686. The summed E-state index contributed by atoms with van der Waals surface area (Å²) >= 11 is 1.44.